The zero-order chi connectivity index (χ0) is 14.4. The van der Waals surface area contributed by atoms with Gasteiger partial charge in [-0.15, -0.1) is 0 Å². The minimum absolute atomic E-state index is 0.0270. The van der Waals surface area contributed by atoms with Gasteiger partial charge in [-0.25, -0.2) is 0 Å². The van der Waals surface area contributed by atoms with Crippen molar-refractivity contribution in [2.24, 2.45) is 0 Å². The molecule has 3 nitrogen and oxygen atoms in total. The molecular weight excluding hydrogens is 246 g/mol. The fourth-order valence-corrected chi connectivity index (χ4v) is 2.97. The number of piperazine rings is 1. The maximum Gasteiger partial charge on any atom is 0.0839 e. The summed E-state index contributed by atoms with van der Waals surface area (Å²) < 4.78 is 0. The normalized spacial score (nSPS) is 25.1. The van der Waals surface area contributed by atoms with Crippen LogP contribution in [-0.2, 0) is 0 Å². The lowest BCUT2D eigenvalue weighted by Gasteiger charge is -2.40. The molecule has 1 fully saturated rings. The molecule has 3 heteroatoms. The van der Waals surface area contributed by atoms with Gasteiger partial charge in [-0.3, -0.25) is 4.90 Å². The Balaban J connectivity index is 2.07. The standard InChI is InChI=1S/C17H25N3/c1-3-16-13-20(17(4-2)11-19-16)12-15(10-18)14-8-6-5-7-9-14/h5-9,15-17,19H,3-4,11-13H2,1-2H3. The van der Waals surface area contributed by atoms with E-state index in [9.17, 15) is 5.26 Å². The van der Waals surface area contributed by atoms with Gasteiger partial charge in [-0.1, -0.05) is 44.2 Å². The number of rotatable bonds is 5. The topological polar surface area (TPSA) is 39.1 Å². The van der Waals surface area contributed by atoms with Crippen molar-refractivity contribution in [3.63, 3.8) is 0 Å². The zero-order valence-corrected chi connectivity index (χ0v) is 12.5. The highest BCUT2D eigenvalue weighted by molar-refractivity contribution is 5.25. The molecule has 1 aliphatic rings. The van der Waals surface area contributed by atoms with Crippen molar-refractivity contribution in [2.45, 2.75) is 44.7 Å². The Morgan fingerprint density at radius 1 is 1.30 bits per heavy atom. The number of benzene rings is 1. The molecule has 1 aromatic rings. The monoisotopic (exact) mass is 271 g/mol. The summed E-state index contributed by atoms with van der Waals surface area (Å²) in [5.74, 6) is -0.0270. The SMILES string of the molecule is CCC1CN(CC(C#N)c2ccccc2)C(CC)CN1. The van der Waals surface area contributed by atoms with Crippen molar-refractivity contribution in [1.82, 2.24) is 10.2 Å². The first-order valence-electron chi connectivity index (χ1n) is 7.70. The second kappa shape index (κ2) is 7.42. The molecule has 3 unspecified atom stereocenters. The van der Waals surface area contributed by atoms with Crippen LogP contribution in [0.25, 0.3) is 0 Å². The van der Waals surface area contributed by atoms with E-state index in [1.165, 1.54) is 0 Å². The second-order valence-corrected chi connectivity index (χ2v) is 5.62. The van der Waals surface area contributed by atoms with Crippen molar-refractivity contribution in [2.75, 3.05) is 19.6 Å². The van der Waals surface area contributed by atoms with Crippen LogP contribution in [0.4, 0.5) is 0 Å². The number of nitriles is 1. The molecule has 1 saturated heterocycles. The molecule has 2 rings (SSSR count). The Hall–Kier alpha value is -1.37. The van der Waals surface area contributed by atoms with E-state index < -0.39 is 0 Å². The lowest BCUT2D eigenvalue weighted by atomic mass is 9.97. The lowest BCUT2D eigenvalue weighted by molar-refractivity contribution is 0.122. The van der Waals surface area contributed by atoms with E-state index >= 15 is 0 Å². The third kappa shape index (κ3) is 3.59. The summed E-state index contributed by atoms with van der Waals surface area (Å²) in [6.45, 7) is 7.40. The second-order valence-electron chi connectivity index (χ2n) is 5.62. The first kappa shape index (κ1) is 15.0. The molecule has 0 bridgehead atoms. The van der Waals surface area contributed by atoms with Gasteiger partial charge in [-0.2, -0.15) is 5.26 Å². The Morgan fingerprint density at radius 2 is 2.05 bits per heavy atom. The molecule has 0 aromatic heterocycles. The van der Waals surface area contributed by atoms with Gasteiger partial charge >= 0.3 is 0 Å². The third-order valence-corrected chi connectivity index (χ3v) is 4.35. The zero-order valence-electron chi connectivity index (χ0n) is 12.5. The Kier molecular flexibility index (Phi) is 5.58. The molecule has 1 N–H and O–H groups in total. The van der Waals surface area contributed by atoms with E-state index in [-0.39, 0.29) is 5.92 Å². The minimum Gasteiger partial charge on any atom is -0.311 e. The minimum atomic E-state index is -0.0270. The van der Waals surface area contributed by atoms with E-state index in [0.29, 0.717) is 12.1 Å². The summed E-state index contributed by atoms with van der Waals surface area (Å²) in [6, 6.07) is 13.8. The smallest absolute Gasteiger partial charge is 0.0839 e. The van der Waals surface area contributed by atoms with Gasteiger partial charge in [0.05, 0.1) is 12.0 Å². The first-order chi connectivity index (χ1) is 9.78. The first-order valence-corrected chi connectivity index (χ1v) is 7.70. The highest BCUT2D eigenvalue weighted by atomic mass is 15.2. The van der Waals surface area contributed by atoms with E-state index in [0.717, 1.165) is 38.0 Å². The molecule has 108 valence electrons. The molecule has 0 aliphatic carbocycles. The van der Waals surface area contributed by atoms with Crippen molar-refractivity contribution in [1.29, 1.82) is 5.26 Å². The highest BCUT2D eigenvalue weighted by Crippen LogP contribution is 2.20. The number of nitrogens with zero attached hydrogens (tertiary/aromatic N) is 2. The number of hydrogen-bond acceptors (Lipinski definition) is 3. The highest BCUT2D eigenvalue weighted by Gasteiger charge is 2.28. The largest absolute Gasteiger partial charge is 0.311 e. The van der Waals surface area contributed by atoms with Gasteiger partial charge in [0, 0.05) is 31.7 Å². The van der Waals surface area contributed by atoms with Crippen molar-refractivity contribution >= 4 is 0 Å². The summed E-state index contributed by atoms with van der Waals surface area (Å²) >= 11 is 0. The van der Waals surface area contributed by atoms with Gasteiger partial charge in [0.1, 0.15) is 0 Å². The summed E-state index contributed by atoms with van der Waals surface area (Å²) in [7, 11) is 0. The average molecular weight is 271 g/mol. The van der Waals surface area contributed by atoms with Gasteiger partial charge in [0.2, 0.25) is 0 Å². The van der Waals surface area contributed by atoms with Crippen LogP contribution in [-0.4, -0.2) is 36.6 Å². The van der Waals surface area contributed by atoms with Crippen LogP contribution in [0.1, 0.15) is 38.2 Å². The molecule has 0 radical (unpaired) electrons. The van der Waals surface area contributed by atoms with E-state index in [1.807, 2.05) is 18.2 Å². The third-order valence-electron chi connectivity index (χ3n) is 4.35. The van der Waals surface area contributed by atoms with Gasteiger partial charge < -0.3 is 5.32 Å². The fraction of sp³-hybridized carbons (Fsp3) is 0.588. The molecule has 0 saturated carbocycles. The van der Waals surface area contributed by atoms with Crippen molar-refractivity contribution in [3.05, 3.63) is 35.9 Å². The Labute approximate surface area is 122 Å². The summed E-state index contributed by atoms with van der Waals surface area (Å²) in [5.41, 5.74) is 1.14. The van der Waals surface area contributed by atoms with Crippen LogP contribution in [0.15, 0.2) is 30.3 Å². The summed E-state index contributed by atoms with van der Waals surface area (Å²) in [6.07, 6.45) is 2.28. The Morgan fingerprint density at radius 3 is 2.65 bits per heavy atom. The number of hydrogen-bond donors (Lipinski definition) is 1. The molecule has 1 heterocycles. The summed E-state index contributed by atoms with van der Waals surface area (Å²) in [5, 5.41) is 13.1. The van der Waals surface area contributed by atoms with Crippen molar-refractivity contribution in [3.8, 4) is 6.07 Å². The maximum absolute atomic E-state index is 9.50. The maximum atomic E-state index is 9.50. The molecule has 0 amide bonds. The van der Waals surface area contributed by atoms with Crippen LogP contribution >= 0.6 is 0 Å². The molecule has 1 aliphatic heterocycles. The quantitative estimate of drug-likeness (QED) is 0.895. The van der Waals surface area contributed by atoms with Crippen LogP contribution in [0.5, 0.6) is 0 Å². The Bertz CT molecular complexity index is 437. The predicted molar refractivity (Wildman–Crippen MR) is 82.5 cm³/mol. The molecular formula is C17H25N3. The predicted octanol–water partition coefficient (Wildman–Crippen LogP) is 2.76. The molecule has 0 spiro atoms. The van der Waals surface area contributed by atoms with Gasteiger partial charge in [-0.05, 0) is 18.4 Å². The van der Waals surface area contributed by atoms with Crippen LogP contribution < -0.4 is 5.32 Å². The fourth-order valence-electron chi connectivity index (χ4n) is 2.97. The van der Waals surface area contributed by atoms with Gasteiger partial charge in [0.15, 0.2) is 0 Å². The van der Waals surface area contributed by atoms with Crippen molar-refractivity contribution < 1.29 is 0 Å². The molecule has 20 heavy (non-hydrogen) atoms. The number of nitrogens with one attached hydrogen (secondary N) is 1. The van der Waals surface area contributed by atoms with Crippen LogP contribution in [0, 0.1) is 11.3 Å². The molecule has 3 atom stereocenters. The lowest BCUT2D eigenvalue weighted by Crippen LogP contribution is -2.56. The average Bonchev–Trinajstić information content (AvgIpc) is 2.53. The summed E-state index contributed by atoms with van der Waals surface area (Å²) in [4.78, 5) is 2.51. The van der Waals surface area contributed by atoms with Crippen LogP contribution in [0.3, 0.4) is 0 Å². The molecule has 1 aromatic carbocycles. The van der Waals surface area contributed by atoms with E-state index in [1.54, 1.807) is 0 Å². The van der Waals surface area contributed by atoms with Crippen LogP contribution in [0.2, 0.25) is 0 Å². The van der Waals surface area contributed by atoms with E-state index in [4.69, 9.17) is 0 Å². The van der Waals surface area contributed by atoms with E-state index in [2.05, 4.69) is 42.3 Å². The van der Waals surface area contributed by atoms with Gasteiger partial charge in [0.25, 0.3) is 0 Å².